The summed E-state index contributed by atoms with van der Waals surface area (Å²) in [5, 5.41) is 2.78. The normalized spacial score (nSPS) is 16.5. The van der Waals surface area contributed by atoms with Crippen LogP contribution in [-0.2, 0) is 14.8 Å². The maximum atomic E-state index is 12.0. The van der Waals surface area contributed by atoms with Gasteiger partial charge in [0.25, 0.3) is 10.0 Å². The first-order valence-corrected chi connectivity index (χ1v) is 8.97. The summed E-state index contributed by atoms with van der Waals surface area (Å²) in [6.45, 7) is 2.17. The van der Waals surface area contributed by atoms with Crippen LogP contribution >= 0.6 is 0 Å². The largest absolute Gasteiger partial charge is 0.326 e. The molecule has 7 heteroatoms. The van der Waals surface area contributed by atoms with Crippen molar-refractivity contribution in [3.63, 3.8) is 0 Å². The number of hydrogen-bond donors (Lipinski definition) is 2. The first-order chi connectivity index (χ1) is 11.5. The van der Waals surface area contributed by atoms with Gasteiger partial charge < -0.3 is 5.32 Å². The number of rotatable bonds is 4. The summed E-state index contributed by atoms with van der Waals surface area (Å²) in [6.07, 6.45) is 0.168. The van der Waals surface area contributed by atoms with E-state index in [9.17, 15) is 13.2 Å². The molecule has 2 aromatic carbocycles. The van der Waals surface area contributed by atoms with Gasteiger partial charge in [-0.3, -0.25) is 14.5 Å². The van der Waals surface area contributed by atoms with Gasteiger partial charge in [0.1, 0.15) is 5.84 Å². The van der Waals surface area contributed by atoms with Crippen LogP contribution in [0.2, 0.25) is 0 Å². The molecule has 1 aliphatic heterocycles. The lowest BCUT2D eigenvalue weighted by molar-refractivity contribution is -0.116. The minimum atomic E-state index is -3.54. The second-order valence-electron chi connectivity index (χ2n) is 5.50. The number of nitrogens with zero attached hydrogens (tertiary/aromatic N) is 1. The Balaban J connectivity index is 1.63. The number of amidine groups is 1. The number of anilines is 1. The smallest absolute Gasteiger partial charge is 0.263 e. The van der Waals surface area contributed by atoms with Gasteiger partial charge in [-0.25, -0.2) is 8.42 Å². The van der Waals surface area contributed by atoms with Crippen LogP contribution < -0.4 is 10.0 Å². The number of benzene rings is 2. The van der Waals surface area contributed by atoms with Crippen molar-refractivity contribution in [1.29, 1.82) is 0 Å². The van der Waals surface area contributed by atoms with Crippen molar-refractivity contribution < 1.29 is 13.2 Å². The molecule has 2 aromatic rings. The molecule has 0 saturated heterocycles. The maximum absolute atomic E-state index is 12.0. The number of nitrogens with one attached hydrogen (secondary N) is 2. The molecule has 0 radical (unpaired) electrons. The van der Waals surface area contributed by atoms with E-state index in [0.717, 1.165) is 11.3 Å². The summed E-state index contributed by atoms with van der Waals surface area (Å²) in [5.74, 6) is 0.117. The highest BCUT2D eigenvalue weighted by atomic mass is 32.2. The highest BCUT2D eigenvalue weighted by Gasteiger charge is 2.29. The van der Waals surface area contributed by atoms with Crippen LogP contribution in [0.15, 0.2) is 58.4 Å². The molecule has 1 amide bonds. The number of carbonyl (C=O) groups is 1. The van der Waals surface area contributed by atoms with Crippen molar-refractivity contribution in [2.24, 2.45) is 4.99 Å². The summed E-state index contributed by atoms with van der Waals surface area (Å²) < 4.78 is 26.3. The van der Waals surface area contributed by atoms with E-state index in [0.29, 0.717) is 5.56 Å². The Morgan fingerprint density at radius 1 is 1.12 bits per heavy atom. The molecule has 0 fully saturated rings. The average molecular weight is 343 g/mol. The van der Waals surface area contributed by atoms with Gasteiger partial charge in [-0.05, 0) is 31.2 Å². The third-order valence-electron chi connectivity index (χ3n) is 3.61. The number of amides is 1. The van der Waals surface area contributed by atoms with E-state index in [1.807, 2.05) is 31.2 Å². The Morgan fingerprint density at radius 3 is 2.58 bits per heavy atom. The second-order valence-corrected chi connectivity index (χ2v) is 7.15. The Labute approximate surface area is 140 Å². The fourth-order valence-corrected chi connectivity index (χ4v) is 3.63. The number of carbonyl (C=O) groups excluding carboxylic acids is 1. The van der Waals surface area contributed by atoms with Gasteiger partial charge in [0.15, 0.2) is 0 Å². The van der Waals surface area contributed by atoms with Gasteiger partial charge in [0.2, 0.25) is 5.91 Å². The van der Waals surface area contributed by atoms with E-state index >= 15 is 0 Å². The predicted molar refractivity (Wildman–Crippen MR) is 92.6 cm³/mol. The van der Waals surface area contributed by atoms with Crippen LogP contribution in [0.5, 0.6) is 0 Å². The molecular weight excluding hydrogens is 326 g/mol. The van der Waals surface area contributed by atoms with E-state index < -0.39 is 10.0 Å². The molecule has 0 unspecified atom stereocenters. The monoisotopic (exact) mass is 343 g/mol. The number of aryl methyl sites for hydroxylation is 1. The van der Waals surface area contributed by atoms with E-state index in [1.165, 1.54) is 6.07 Å². The Morgan fingerprint density at radius 2 is 1.83 bits per heavy atom. The zero-order chi connectivity index (χ0) is 17.2. The van der Waals surface area contributed by atoms with Crippen molar-refractivity contribution in [2.75, 3.05) is 11.9 Å². The molecule has 0 saturated carbocycles. The molecular formula is C17H17N3O3S. The number of aliphatic imine (C=N–C) groups is 1. The number of sulfonamides is 1. The Kier molecular flexibility index (Phi) is 4.35. The highest BCUT2D eigenvalue weighted by Crippen LogP contribution is 2.22. The molecule has 1 aliphatic rings. The second kappa shape index (κ2) is 6.45. The third-order valence-corrected chi connectivity index (χ3v) is 5.00. The molecule has 3 rings (SSSR count). The van der Waals surface area contributed by atoms with Gasteiger partial charge in [-0.1, -0.05) is 29.8 Å². The zero-order valence-electron chi connectivity index (χ0n) is 13.1. The summed E-state index contributed by atoms with van der Waals surface area (Å²) >= 11 is 0. The lowest BCUT2D eigenvalue weighted by Crippen LogP contribution is -2.23. The molecule has 0 bridgehead atoms. The molecule has 24 heavy (non-hydrogen) atoms. The summed E-state index contributed by atoms with van der Waals surface area (Å²) in [5.41, 5.74) is 2.38. The first-order valence-electron chi connectivity index (χ1n) is 7.49. The molecule has 0 aromatic heterocycles. The molecule has 0 atom stereocenters. The van der Waals surface area contributed by atoms with Crippen molar-refractivity contribution in [2.45, 2.75) is 18.2 Å². The molecule has 1 heterocycles. The van der Waals surface area contributed by atoms with Gasteiger partial charge in [0, 0.05) is 17.7 Å². The average Bonchev–Trinajstić information content (AvgIpc) is 2.81. The fraction of sp³-hybridized carbons (Fsp3) is 0.176. The Bertz CT molecular complexity index is 903. The summed E-state index contributed by atoms with van der Waals surface area (Å²) in [7, 11) is -3.54. The van der Waals surface area contributed by atoms with Crippen LogP contribution in [0, 0.1) is 6.92 Å². The lowest BCUT2D eigenvalue weighted by Gasteiger charge is -2.04. The number of hydrogen-bond acceptors (Lipinski definition) is 4. The third kappa shape index (κ3) is 3.46. The first kappa shape index (κ1) is 16.2. The minimum Gasteiger partial charge on any atom is -0.326 e. The van der Waals surface area contributed by atoms with Crippen molar-refractivity contribution in [1.82, 2.24) is 4.72 Å². The number of fused-ring (bicyclic) bond motifs is 1. The van der Waals surface area contributed by atoms with E-state index in [4.69, 9.17) is 0 Å². The highest BCUT2D eigenvalue weighted by molar-refractivity contribution is 7.90. The summed E-state index contributed by atoms with van der Waals surface area (Å²) in [4.78, 5) is 16.4. The molecule has 0 spiro atoms. The molecule has 6 nitrogen and oxygen atoms in total. The van der Waals surface area contributed by atoms with Gasteiger partial charge in [-0.15, -0.1) is 0 Å². The summed E-state index contributed by atoms with van der Waals surface area (Å²) in [6, 6.07) is 14.1. The SMILES string of the molecule is Cc1ccc(NC(=O)CCN=C2NS(=O)(=O)c3ccccc32)cc1. The van der Waals surface area contributed by atoms with Crippen LogP contribution in [-0.4, -0.2) is 26.7 Å². The molecule has 2 N–H and O–H groups in total. The van der Waals surface area contributed by atoms with Crippen LogP contribution in [0.25, 0.3) is 0 Å². The fourth-order valence-electron chi connectivity index (χ4n) is 2.38. The van der Waals surface area contributed by atoms with E-state index in [-0.39, 0.29) is 29.6 Å². The Hall–Kier alpha value is -2.67. The maximum Gasteiger partial charge on any atom is 0.263 e. The van der Waals surface area contributed by atoms with Crippen LogP contribution in [0.3, 0.4) is 0 Å². The van der Waals surface area contributed by atoms with Gasteiger partial charge >= 0.3 is 0 Å². The van der Waals surface area contributed by atoms with Crippen molar-refractivity contribution in [3.05, 3.63) is 59.7 Å². The minimum absolute atomic E-state index is 0.168. The van der Waals surface area contributed by atoms with Gasteiger partial charge in [0.05, 0.1) is 11.4 Å². The topological polar surface area (TPSA) is 87.6 Å². The lowest BCUT2D eigenvalue weighted by atomic mass is 10.2. The van der Waals surface area contributed by atoms with Crippen molar-refractivity contribution in [3.8, 4) is 0 Å². The van der Waals surface area contributed by atoms with Crippen molar-refractivity contribution >= 4 is 27.5 Å². The van der Waals surface area contributed by atoms with Crippen LogP contribution in [0.4, 0.5) is 5.69 Å². The van der Waals surface area contributed by atoms with Crippen LogP contribution in [0.1, 0.15) is 17.5 Å². The quantitative estimate of drug-likeness (QED) is 0.891. The van der Waals surface area contributed by atoms with E-state index in [2.05, 4.69) is 15.0 Å². The standard InChI is InChI=1S/C17H17N3O3S/c1-12-6-8-13(9-7-12)19-16(21)10-11-18-17-14-4-2-3-5-15(14)24(22,23)20-17/h2-9H,10-11H2,1H3,(H,18,20)(H,19,21). The predicted octanol–water partition coefficient (Wildman–Crippen LogP) is 2.06. The molecule has 124 valence electrons. The van der Waals surface area contributed by atoms with Gasteiger partial charge in [-0.2, -0.15) is 0 Å². The molecule has 0 aliphatic carbocycles. The van der Waals surface area contributed by atoms with E-state index in [1.54, 1.807) is 18.2 Å². The zero-order valence-corrected chi connectivity index (χ0v) is 13.9.